The number of halogens is 1. The maximum absolute atomic E-state index is 12.0. The Bertz CT molecular complexity index is 621. The molecule has 0 spiro atoms. The number of hydrogen-bond donors (Lipinski definition) is 1. The summed E-state index contributed by atoms with van der Waals surface area (Å²) in [5.41, 5.74) is 0. The van der Waals surface area contributed by atoms with Crippen molar-refractivity contribution in [3.05, 3.63) is 40.1 Å². The van der Waals surface area contributed by atoms with E-state index in [1.165, 1.54) is 13.4 Å². The summed E-state index contributed by atoms with van der Waals surface area (Å²) in [4.78, 5) is 0. The van der Waals surface area contributed by atoms with E-state index < -0.39 is 16.1 Å². The zero-order valence-corrected chi connectivity index (χ0v) is 13.2. The number of furan rings is 1. The molecular weight excluding hydrogens is 354 g/mol. The summed E-state index contributed by atoms with van der Waals surface area (Å²) in [6, 6.07) is 6.71. The highest BCUT2D eigenvalue weighted by Crippen LogP contribution is 2.26. The number of methoxy groups -OCH3 is 1. The van der Waals surface area contributed by atoms with Gasteiger partial charge in [-0.15, -0.1) is 11.3 Å². The second-order valence-electron chi connectivity index (χ2n) is 3.65. The summed E-state index contributed by atoms with van der Waals surface area (Å²) in [5, 5.41) is 0. The predicted octanol–water partition coefficient (Wildman–Crippen LogP) is 2.77. The Morgan fingerprint density at radius 1 is 1.47 bits per heavy atom. The Morgan fingerprint density at radius 3 is 2.79 bits per heavy atom. The van der Waals surface area contributed by atoms with Crippen LogP contribution >= 0.6 is 27.3 Å². The van der Waals surface area contributed by atoms with Crippen LogP contribution in [0.3, 0.4) is 0 Å². The fraction of sp³-hybridized carbons (Fsp3) is 0.273. The van der Waals surface area contributed by atoms with Crippen LogP contribution in [-0.2, 0) is 14.8 Å². The number of nitrogens with one attached hydrogen (secondary N) is 1. The smallest absolute Gasteiger partial charge is 0.250 e. The molecule has 8 heteroatoms. The molecule has 104 valence electrons. The molecule has 2 rings (SSSR count). The summed E-state index contributed by atoms with van der Waals surface area (Å²) in [6.07, 6.45) is 1.07. The number of thiophene rings is 1. The van der Waals surface area contributed by atoms with Gasteiger partial charge in [-0.25, -0.2) is 13.1 Å². The first-order valence-corrected chi connectivity index (χ1v) is 8.43. The van der Waals surface area contributed by atoms with Gasteiger partial charge in [0.15, 0.2) is 0 Å². The molecule has 2 aromatic rings. The van der Waals surface area contributed by atoms with Crippen LogP contribution in [0.25, 0.3) is 0 Å². The maximum Gasteiger partial charge on any atom is 0.250 e. The van der Waals surface area contributed by atoms with Gasteiger partial charge >= 0.3 is 0 Å². The van der Waals surface area contributed by atoms with E-state index in [0.29, 0.717) is 5.76 Å². The Hall–Kier alpha value is -0.670. The predicted molar refractivity (Wildman–Crippen MR) is 75.7 cm³/mol. The second-order valence-corrected chi connectivity index (χ2v) is 8.11. The fourth-order valence-electron chi connectivity index (χ4n) is 1.47. The van der Waals surface area contributed by atoms with E-state index in [1.54, 1.807) is 24.3 Å². The molecule has 2 heterocycles. The molecule has 0 saturated carbocycles. The van der Waals surface area contributed by atoms with Crippen molar-refractivity contribution < 1.29 is 17.6 Å². The minimum Gasteiger partial charge on any atom is -0.467 e. The highest BCUT2D eigenvalue weighted by atomic mass is 79.9. The molecule has 2 aromatic heterocycles. The quantitative estimate of drug-likeness (QED) is 0.854. The van der Waals surface area contributed by atoms with Gasteiger partial charge in [-0.3, -0.25) is 0 Å². The van der Waals surface area contributed by atoms with Gasteiger partial charge in [-0.05, 0) is 40.2 Å². The first kappa shape index (κ1) is 14.7. The van der Waals surface area contributed by atoms with E-state index in [4.69, 9.17) is 9.15 Å². The van der Waals surface area contributed by atoms with E-state index in [1.807, 2.05) is 0 Å². The first-order chi connectivity index (χ1) is 9.03. The number of ether oxygens (including phenoxy) is 1. The number of rotatable bonds is 6. The van der Waals surface area contributed by atoms with Crippen LogP contribution < -0.4 is 4.72 Å². The third kappa shape index (κ3) is 3.67. The summed E-state index contributed by atoms with van der Waals surface area (Å²) >= 11 is 4.39. The lowest BCUT2D eigenvalue weighted by Crippen LogP contribution is -2.28. The molecule has 0 aromatic carbocycles. The first-order valence-electron chi connectivity index (χ1n) is 5.34. The molecule has 0 saturated heterocycles. The van der Waals surface area contributed by atoms with Gasteiger partial charge in [-0.2, -0.15) is 0 Å². The lowest BCUT2D eigenvalue weighted by Gasteiger charge is -2.13. The van der Waals surface area contributed by atoms with Crippen molar-refractivity contribution in [3.8, 4) is 0 Å². The molecule has 0 aliphatic heterocycles. The van der Waals surface area contributed by atoms with Crippen LogP contribution in [0.2, 0.25) is 0 Å². The molecule has 0 aliphatic carbocycles. The minimum atomic E-state index is -3.52. The van der Waals surface area contributed by atoms with Crippen LogP contribution in [0.4, 0.5) is 0 Å². The van der Waals surface area contributed by atoms with Crippen molar-refractivity contribution >= 4 is 37.3 Å². The fourth-order valence-corrected chi connectivity index (χ4v) is 4.56. The van der Waals surface area contributed by atoms with Crippen LogP contribution in [0.5, 0.6) is 0 Å². The standard InChI is InChI=1S/C11H12BrNO4S2/c1-16-9(8-3-2-6-17-8)7-13-19(14,15)11-5-4-10(12)18-11/h2-6,9,13H,7H2,1H3/t9-/m1/s1. The van der Waals surface area contributed by atoms with Gasteiger partial charge in [0.2, 0.25) is 10.0 Å². The molecule has 19 heavy (non-hydrogen) atoms. The second kappa shape index (κ2) is 6.19. The maximum atomic E-state index is 12.0. The summed E-state index contributed by atoms with van der Waals surface area (Å²) < 4.78 is 38.0. The molecule has 0 aliphatic rings. The Morgan fingerprint density at radius 2 is 2.26 bits per heavy atom. The molecule has 0 radical (unpaired) electrons. The van der Waals surface area contributed by atoms with Crippen molar-refractivity contribution in [1.82, 2.24) is 4.72 Å². The summed E-state index contributed by atoms with van der Waals surface area (Å²) in [7, 11) is -2.02. The van der Waals surface area contributed by atoms with Crippen LogP contribution in [0, 0.1) is 0 Å². The molecule has 0 amide bonds. The van der Waals surface area contributed by atoms with Crippen molar-refractivity contribution in [2.24, 2.45) is 0 Å². The zero-order valence-electron chi connectivity index (χ0n) is 10.00. The number of sulfonamides is 1. The molecule has 1 N–H and O–H groups in total. The van der Waals surface area contributed by atoms with Crippen molar-refractivity contribution in [1.29, 1.82) is 0 Å². The van der Waals surface area contributed by atoms with Gasteiger partial charge in [0.1, 0.15) is 16.1 Å². The highest BCUT2D eigenvalue weighted by molar-refractivity contribution is 9.11. The monoisotopic (exact) mass is 365 g/mol. The molecule has 1 atom stereocenters. The van der Waals surface area contributed by atoms with Crippen molar-refractivity contribution in [2.45, 2.75) is 10.3 Å². The van der Waals surface area contributed by atoms with Crippen LogP contribution in [0.1, 0.15) is 11.9 Å². The highest BCUT2D eigenvalue weighted by Gasteiger charge is 2.20. The zero-order chi connectivity index (χ0) is 13.9. The van der Waals surface area contributed by atoms with Crippen molar-refractivity contribution in [3.63, 3.8) is 0 Å². The molecule has 0 fully saturated rings. The van der Waals surface area contributed by atoms with Crippen LogP contribution in [-0.4, -0.2) is 22.1 Å². The Labute approximate surface area is 123 Å². The Kier molecular flexibility index (Phi) is 4.80. The lowest BCUT2D eigenvalue weighted by molar-refractivity contribution is 0.0878. The topological polar surface area (TPSA) is 68.5 Å². The summed E-state index contributed by atoms with van der Waals surface area (Å²) in [6.45, 7) is 0.113. The van der Waals surface area contributed by atoms with Gasteiger partial charge < -0.3 is 9.15 Å². The SMILES string of the molecule is CO[C@H](CNS(=O)(=O)c1ccc(Br)s1)c1ccco1. The number of hydrogen-bond acceptors (Lipinski definition) is 5. The lowest BCUT2D eigenvalue weighted by atomic mass is 10.3. The van der Waals surface area contributed by atoms with E-state index in [-0.39, 0.29) is 10.8 Å². The van der Waals surface area contributed by atoms with Gasteiger partial charge in [-0.1, -0.05) is 0 Å². The van der Waals surface area contributed by atoms with Crippen molar-refractivity contribution in [2.75, 3.05) is 13.7 Å². The molecule has 0 unspecified atom stereocenters. The van der Waals surface area contributed by atoms with E-state index >= 15 is 0 Å². The van der Waals surface area contributed by atoms with Gasteiger partial charge in [0.05, 0.1) is 10.0 Å². The van der Waals surface area contributed by atoms with Gasteiger partial charge in [0, 0.05) is 13.7 Å². The van der Waals surface area contributed by atoms with E-state index in [0.717, 1.165) is 15.1 Å². The normalized spacial score (nSPS) is 13.6. The molecule has 0 bridgehead atoms. The molecular formula is C11H12BrNO4S2. The average Bonchev–Trinajstić information content (AvgIpc) is 3.01. The molecule has 5 nitrogen and oxygen atoms in total. The van der Waals surface area contributed by atoms with Crippen LogP contribution in [0.15, 0.2) is 42.9 Å². The largest absolute Gasteiger partial charge is 0.467 e. The minimum absolute atomic E-state index is 0.113. The van der Waals surface area contributed by atoms with Gasteiger partial charge in [0.25, 0.3) is 0 Å². The third-order valence-electron chi connectivity index (χ3n) is 2.42. The Balaban J connectivity index is 2.05. The summed E-state index contributed by atoms with van der Waals surface area (Å²) in [5.74, 6) is 0.581. The van der Waals surface area contributed by atoms with E-state index in [2.05, 4.69) is 20.7 Å². The average molecular weight is 366 g/mol. The third-order valence-corrected chi connectivity index (χ3v) is 5.96. The van der Waals surface area contributed by atoms with E-state index in [9.17, 15) is 8.42 Å².